The molecule has 78 valence electrons. The van der Waals surface area contributed by atoms with Gasteiger partial charge in [-0.2, -0.15) is 0 Å². The summed E-state index contributed by atoms with van der Waals surface area (Å²) in [4.78, 5) is 0. The first-order valence-corrected chi connectivity index (χ1v) is 12.1. The van der Waals surface area contributed by atoms with Gasteiger partial charge in [0.05, 0.1) is 16.1 Å². The highest BCUT2D eigenvalue weighted by Crippen LogP contribution is 2.08. The van der Waals surface area contributed by atoms with Gasteiger partial charge in [0.2, 0.25) is 0 Å². The van der Waals surface area contributed by atoms with Crippen molar-refractivity contribution in [3.05, 3.63) is 12.3 Å². The molecule has 0 aromatic rings. The van der Waals surface area contributed by atoms with Crippen LogP contribution in [0.15, 0.2) is 12.3 Å². The molecule has 0 aliphatic rings. The third-order valence-corrected chi connectivity index (χ3v) is 6.11. The lowest BCUT2D eigenvalue weighted by molar-refractivity contribution is 0.809. The van der Waals surface area contributed by atoms with Crippen LogP contribution in [0.25, 0.3) is 0 Å². The summed E-state index contributed by atoms with van der Waals surface area (Å²) in [5.74, 6) is 0. The molecule has 0 aliphatic heterocycles. The van der Waals surface area contributed by atoms with Crippen molar-refractivity contribution in [2.75, 3.05) is 12.7 Å². The van der Waals surface area contributed by atoms with Gasteiger partial charge in [-0.15, -0.1) is 12.3 Å². The molecule has 0 radical (unpaired) electrons. The zero-order valence-corrected chi connectivity index (χ0v) is 11.9. The lowest BCUT2D eigenvalue weighted by atomic mass is 10.8. The zero-order valence-electron chi connectivity index (χ0n) is 9.91. The summed E-state index contributed by atoms with van der Waals surface area (Å²) < 4.78 is 0. The third kappa shape index (κ3) is 8.46. The molecule has 0 saturated carbocycles. The third-order valence-electron chi connectivity index (χ3n) is 2.15. The van der Waals surface area contributed by atoms with Crippen molar-refractivity contribution in [2.24, 2.45) is 0 Å². The van der Waals surface area contributed by atoms with Crippen molar-refractivity contribution < 1.29 is 0 Å². The Bertz CT molecular complexity index is 159. The molecule has 0 atom stereocenters. The van der Waals surface area contributed by atoms with Gasteiger partial charge in [0.1, 0.15) is 0 Å². The second kappa shape index (κ2) is 5.12. The number of nitrogens with one attached hydrogen (secondary N) is 1. The van der Waals surface area contributed by atoms with Crippen LogP contribution >= 0.6 is 0 Å². The molecule has 1 N–H and O–H groups in total. The summed E-state index contributed by atoms with van der Waals surface area (Å²) in [5.41, 5.74) is 2.18. The fraction of sp³-hybridized carbons (Fsp3) is 0.800. The average molecular weight is 215 g/mol. The monoisotopic (exact) mass is 215 g/mol. The van der Waals surface area contributed by atoms with Crippen LogP contribution in [0.5, 0.6) is 0 Å². The van der Waals surface area contributed by atoms with E-state index in [1.165, 1.54) is 18.8 Å². The van der Waals surface area contributed by atoms with Crippen molar-refractivity contribution >= 4 is 16.1 Å². The standard InChI is InChI=1S/C10H25NSi2/c1-7-13(5,6)9-8-11-10-12(2,3)4/h7,11H,1,8-10H2,2-6H3. The Balaban J connectivity index is 3.52. The van der Waals surface area contributed by atoms with Gasteiger partial charge >= 0.3 is 0 Å². The SMILES string of the molecule is C=C[Si](C)(C)CCNC[Si](C)(C)C. The molecule has 0 unspecified atom stereocenters. The molecule has 13 heavy (non-hydrogen) atoms. The van der Waals surface area contributed by atoms with Crippen LogP contribution in [0.1, 0.15) is 0 Å². The van der Waals surface area contributed by atoms with E-state index < -0.39 is 16.1 Å². The highest BCUT2D eigenvalue weighted by Gasteiger charge is 2.16. The van der Waals surface area contributed by atoms with Gasteiger partial charge in [0.25, 0.3) is 0 Å². The first-order chi connectivity index (χ1) is 5.77. The van der Waals surface area contributed by atoms with E-state index >= 15 is 0 Å². The van der Waals surface area contributed by atoms with E-state index in [0.29, 0.717) is 0 Å². The molecule has 1 nitrogen and oxygen atoms in total. The fourth-order valence-corrected chi connectivity index (χ4v) is 2.93. The fourth-order valence-electron chi connectivity index (χ4n) is 0.976. The summed E-state index contributed by atoms with van der Waals surface area (Å²) >= 11 is 0. The van der Waals surface area contributed by atoms with Gasteiger partial charge in [-0.05, 0) is 18.8 Å². The molecule has 0 fully saturated rings. The molecule has 0 aliphatic carbocycles. The normalized spacial score (nSPS) is 13.0. The molecule has 0 saturated heterocycles. The predicted molar refractivity (Wildman–Crippen MR) is 68.7 cm³/mol. The van der Waals surface area contributed by atoms with E-state index in [1.54, 1.807) is 0 Å². The average Bonchev–Trinajstić information content (AvgIpc) is 1.97. The maximum absolute atomic E-state index is 3.90. The van der Waals surface area contributed by atoms with E-state index in [2.05, 4.69) is 50.3 Å². The Morgan fingerprint density at radius 3 is 2.08 bits per heavy atom. The topological polar surface area (TPSA) is 12.0 Å². The smallest absolute Gasteiger partial charge is 0.0722 e. The number of hydrogen-bond donors (Lipinski definition) is 1. The Hall–Kier alpha value is 0.134. The second-order valence-electron chi connectivity index (χ2n) is 5.68. The molecule has 0 heterocycles. The Morgan fingerprint density at radius 1 is 1.15 bits per heavy atom. The van der Waals surface area contributed by atoms with Gasteiger partial charge in [-0.1, -0.05) is 32.7 Å². The molecule has 0 aromatic carbocycles. The van der Waals surface area contributed by atoms with Crippen LogP contribution in [0.3, 0.4) is 0 Å². The molecule has 3 heteroatoms. The van der Waals surface area contributed by atoms with Crippen molar-refractivity contribution in [3.63, 3.8) is 0 Å². The van der Waals surface area contributed by atoms with Gasteiger partial charge in [-0.3, -0.25) is 0 Å². The second-order valence-corrected chi connectivity index (χ2v) is 16.0. The van der Waals surface area contributed by atoms with Gasteiger partial charge in [0.15, 0.2) is 0 Å². The largest absolute Gasteiger partial charge is 0.320 e. The highest BCUT2D eigenvalue weighted by molar-refractivity contribution is 6.82. The minimum Gasteiger partial charge on any atom is -0.320 e. The first kappa shape index (κ1) is 13.1. The summed E-state index contributed by atoms with van der Waals surface area (Å²) in [7, 11) is -1.94. The van der Waals surface area contributed by atoms with E-state index in [9.17, 15) is 0 Å². The Kier molecular flexibility index (Phi) is 5.18. The Morgan fingerprint density at radius 2 is 1.69 bits per heavy atom. The predicted octanol–water partition coefficient (Wildman–Crippen LogP) is 2.89. The van der Waals surface area contributed by atoms with Crippen LogP contribution in [0.4, 0.5) is 0 Å². The maximum Gasteiger partial charge on any atom is 0.0722 e. The van der Waals surface area contributed by atoms with Crippen LogP contribution < -0.4 is 5.32 Å². The van der Waals surface area contributed by atoms with Crippen LogP contribution in [-0.2, 0) is 0 Å². The maximum atomic E-state index is 3.90. The molecule has 0 spiro atoms. The molecular weight excluding hydrogens is 190 g/mol. The summed E-state index contributed by atoms with van der Waals surface area (Å²) in [6.07, 6.45) is 1.24. The van der Waals surface area contributed by atoms with Gasteiger partial charge < -0.3 is 5.32 Å². The minimum atomic E-state index is -1.06. The summed E-state index contributed by atoms with van der Waals surface area (Å²) in [5, 5.41) is 3.56. The van der Waals surface area contributed by atoms with Gasteiger partial charge in [-0.25, -0.2) is 0 Å². The van der Waals surface area contributed by atoms with E-state index in [4.69, 9.17) is 0 Å². The minimum absolute atomic E-state index is 0.885. The Labute approximate surface area is 85.6 Å². The number of rotatable bonds is 6. The van der Waals surface area contributed by atoms with Crippen molar-refractivity contribution in [1.29, 1.82) is 0 Å². The zero-order chi connectivity index (χ0) is 10.5. The quantitative estimate of drug-likeness (QED) is 0.531. The highest BCUT2D eigenvalue weighted by atomic mass is 28.3. The molecule has 0 rings (SSSR count). The van der Waals surface area contributed by atoms with Crippen molar-refractivity contribution in [1.82, 2.24) is 5.32 Å². The lowest BCUT2D eigenvalue weighted by Crippen LogP contribution is -2.39. The molecule has 0 aromatic heterocycles. The van der Waals surface area contributed by atoms with Crippen LogP contribution in [0, 0.1) is 0 Å². The number of hydrogen-bond acceptors (Lipinski definition) is 1. The summed E-state index contributed by atoms with van der Waals surface area (Å²) in [6.45, 7) is 17.0. The first-order valence-electron chi connectivity index (χ1n) is 5.11. The molecular formula is C10H25NSi2. The summed E-state index contributed by atoms with van der Waals surface area (Å²) in [6, 6.07) is 1.32. The van der Waals surface area contributed by atoms with Crippen molar-refractivity contribution in [2.45, 2.75) is 38.8 Å². The van der Waals surface area contributed by atoms with Crippen molar-refractivity contribution in [3.8, 4) is 0 Å². The van der Waals surface area contributed by atoms with Crippen LogP contribution in [0.2, 0.25) is 38.8 Å². The molecule has 0 bridgehead atoms. The van der Waals surface area contributed by atoms with E-state index in [-0.39, 0.29) is 0 Å². The lowest BCUT2D eigenvalue weighted by Gasteiger charge is -2.20. The molecule has 0 amide bonds. The van der Waals surface area contributed by atoms with Crippen LogP contribution in [-0.4, -0.2) is 28.9 Å². The van der Waals surface area contributed by atoms with Gasteiger partial charge in [0, 0.05) is 0 Å². The van der Waals surface area contributed by atoms with E-state index in [0.717, 1.165) is 0 Å². The van der Waals surface area contributed by atoms with E-state index in [1.807, 2.05) is 0 Å².